The molecular weight excluding hydrogens is 477 g/mol. The number of nitrogens with zero attached hydrogens (tertiary/aromatic N) is 2. The molecule has 1 fully saturated rings. The van der Waals surface area contributed by atoms with Gasteiger partial charge < -0.3 is 5.32 Å². The van der Waals surface area contributed by atoms with E-state index in [4.69, 9.17) is 0 Å². The van der Waals surface area contributed by atoms with E-state index in [-0.39, 0.29) is 29.8 Å². The highest BCUT2D eigenvalue weighted by Crippen LogP contribution is 2.32. The standard InChI is InChI=1S/C28H32FN3O3S/c1-20-10-12-24(19-26(20)29)36(34,35)32-17-14-23(15-18-32)27-25(13-11-21(2)31-27)28(33)30-16-6-9-22-7-4-3-5-8-22/h3-5,7-8,10-13,19,23H,6,9,14-18H2,1-2H3,(H,30,33). The summed E-state index contributed by atoms with van der Waals surface area (Å²) >= 11 is 0. The molecule has 1 aromatic heterocycles. The summed E-state index contributed by atoms with van der Waals surface area (Å²) < 4.78 is 41.5. The molecule has 190 valence electrons. The lowest BCUT2D eigenvalue weighted by Gasteiger charge is -2.31. The van der Waals surface area contributed by atoms with Gasteiger partial charge in [-0.2, -0.15) is 4.31 Å². The van der Waals surface area contributed by atoms with Crippen LogP contribution in [-0.2, 0) is 16.4 Å². The van der Waals surface area contributed by atoms with E-state index in [1.807, 2.05) is 37.3 Å². The van der Waals surface area contributed by atoms with Gasteiger partial charge in [0.1, 0.15) is 5.82 Å². The highest BCUT2D eigenvalue weighted by atomic mass is 32.2. The van der Waals surface area contributed by atoms with E-state index in [1.54, 1.807) is 6.92 Å². The minimum atomic E-state index is -3.79. The van der Waals surface area contributed by atoms with E-state index in [1.165, 1.54) is 22.0 Å². The molecule has 1 aliphatic heterocycles. The SMILES string of the molecule is Cc1ccc(C(=O)NCCCc2ccccc2)c(C2CCN(S(=O)(=O)c3ccc(C)c(F)c3)CC2)n1. The number of piperidine rings is 1. The highest BCUT2D eigenvalue weighted by Gasteiger charge is 2.32. The zero-order valence-corrected chi connectivity index (χ0v) is 21.5. The first kappa shape index (κ1) is 26.0. The fourth-order valence-electron chi connectivity index (χ4n) is 4.57. The number of nitrogens with one attached hydrogen (secondary N) is 1. The molecule has 36 heavy (non-hydrogen) atoms. The number of sulfonamides is 1. The summed E-state index contributed by atoms with van der Waals surface area (Å²) in [5.41, 5.74) is 3.72. The second-order valence-electron chi connectivity index (χ2n) is 9.32. The van der Waals surface area contributed by atoms with E-state index in [0.717, 1.165) is 24.6 Å². The van der Waals surface area contributed by atoms with Crippen molar-refractivity contribution < 1.29 is 17.6 Å². The molecule has 1 amide bonds. The van der Waals surface area contributed by atoms with Gasteiger partial charge in [-0.15, -0.1) is 0 Å². The first-order valence-electron chi connectivity index (χ1n) is 12.3. The molecule has 0 bridgehead atoms. The van der Waals surface area contributed by atoms with Crippen LogP contribution in [0.25, 0.3) is 0 Å². The number of benzene rings is 2. The summed E-state index contributed by atoms with van der Waals surface area (Å²) in [5, 5.41) is 3.01. The minimum absolute atomic E-state index is 0.0313. The van der Waals surface area contributed by atoms with Gasteiger partial charge in [-0.3, -0.25) is 9.78 Å². The summed E-state index contributed by atoms with van der Waals surface area (Å²) in [7, 11) is -3.79. The maximum Gasteiger partial charge on any atom is 0.253 e. The van der Waals surface area contributed by atoms with Crippen LogP contribution in [0.15, 0.2) is 65.6 Å². The van der Waals surface area contributed by atoms with Crippen molar-refractivity contribution >= 4 is 15.9 Å². The Kier molecular flexibility index (Phi) is 8.16. The van der Waals surface area contributed by atoms with Crippen LogP contribution in [0.4, 0.5) is 4.39 Å². The zero-order valence-electron chi connectivity index (χ0n) is 20.7. The summed E-state index contributed by atoms with van der Waals surface area (Å²) in [5.74, 6) is -0.721. The molecule has 1 N–H and O–H groups in total. The molecule has 4 rings (SSSR count). The molecule has 6 nitrogen and oxygen atoms in total. The largest absolute Gasteiger partial charge is 0.352 e. The molecule has 0 aliphatic carbocycles. The van der Waals surface area contributed by atoms with Gasteiger partial charge in [0.15, 0.2) is 0 Å². The number of hydrogen-bond donors (Lipinski definition) is 1. The molecule has 0 unspecified atom stereocenters. The van der Waals surface area contributed by atoms with Crippen molar-refractivity contribution in [1.82, 2.24) is 14.6 Å². The number of carbonyl (C=O) groups excluding carboxylic acids is 1. The fraction of sp³-hybridized carbons (Fsp3) is 0.357. The Hall–Kier alpha value is -3.10. The van der Waals surface area contributed by atoms with Gasteiger partial charge in [-0.1, -0.05) is 36.4 Å². The van der Waals surface area contributed by atoms with Gasteiger partial charge in [0.25, 0.3) is 5.91 Å². The van der Waals surface area contributed by atoms with E-state index in [2.05, 4.69) is 22.4 Å². The van der Waals surface area contributed by atoms with E-state index >= 15 is 0 Å². The number of amides is 1. The van der Waals surface area contributed by atoms with Crippen molar-refractivity contribution in [3.05, 3.63) is 94.6 Å². The normalized spacial score (nSPS) is 15.1. The van der Waals surface area contributed by atoms with Crippen molar-refractivity contribution in [3.8, 4) is 0 Å². The van der Waals surface area contributed by atoms with Crippen LogP contribution in [0.5, 0.6) is 0 Å². The van der Waals surface area contributed by atoms with Crippen LogP contribution in [-0.4, -0.2) is 43.2 Å². The van der Waals surface area contributed by atoms with E-state index in [0.29, 0.717) is 36.2 Å². The molecule has 0 spiro atoms. The van der Waals surface area contributed by atoms with Crippen LogP contribution in [0.3, 0.4) is 0 Å². The molecule has 2 aromatic carbocycles. The van der Waals surface area contributed by atoms with E-state index < -0.39 is 15.8 Å². The lowest BCUT2D eigenvalue weighted by atomic mass is 9.90. The molecule has 2 heterocycles. The van der Waals surface area contributed by atoms with Crippen LogP contribution in [0, 0.1) is 19.7 Å². The maximum atomic E-state index is 14.0. The quantitative estimate of drug-likeness (QED) is 0.444. The van der Waals surface area contributed by atoms with Gasteiger partial charge in [0.2, 0.25) is 10.0 Å². The Morgan fingerprint density at radius 1 is 1.06 bits per heavy atom. The Morgan fingerprint density at radius 2 is 1.78 bits per heavy atom. The molecule has 3 aromatic rings. The zero-order chi connectivity index (χ0) is 25.7. The van der Waals surface area contributed by atoms with Gasteiger partial charge in [0, 0.05) is 31.2 Å². The average Bonchev–Trinajstić information content (AvgIpc) is 2.88. The first-order chi connectivity index (χ1) is 17.3. The van der Waals surface area contributed by atoms with Gasteiger partial charge in [-0.05, 0) is 74.9 Å². The summed E-state index contributed by atoms with van der Waals surface area (Å²) in [6.07, 6.45) is 2.80. The molecule has 8 heteroatoms. The summed E-state index contributed by atoms with van der Waals surface area (Å²) in [6, 6.07) is 17.8. The first-order valence-corrected chi connectivity index (χ1v) is 13.8. The molecular formula is C28H32FN3O3S. The second kappa shape index (κ2) is 11.3. The van der Waals surface area contributed by atoms with E-state index in [9.17, 15) is 17.6 Å². The fourth-order valence-corrected chi connectivity index (χ4v) is 6.05. The van der Waals surface area contributed by atoms with Crippen LogP contribution in [0.1, 0.15) is 58.1 Å². The smallest absolute Gasteiger partial charge is 0.253 e. The number of aryl methyl sites for hydroxylation is 3. The summed E-state index contributed by atoms with van der Waals surface area (Å²) in [6.45, 7) is 4.62. The van der Waals surface area contributed by atoms with Crippen molar-refractivity contribution in [2.75, 3.05) is 19.6 Å². The third kappa shape index (κ3) is 5.99. The van der Waals surface area contributed by atoms with Gasteiger partial charge in [-0.25, -0.2) is 12.8 Å². The third-order valence-electron chi connectivity index (χ3n) is 6.70. The Balaban J connectivity index is 1.40. The monoisotopic (exact) mass is 509 g/mol. The van der Waals surface area contributed by atoms with Crippen molar-refractivity contribution in [2.24, 2.45) is 0 Å². The topological polar surface area (TPSA) is 79.4 Å². The third-order valence-corrected chi connectivity index (χ3v) is 8.60. The molecule has 1 saturated heterocycles. The minimum Gasteiger partial charge on any atom is -0.352 e. The Labute approximate surface area is 212 Å². The average molecular weight is 510 g/mol. The van der Waals surface area contributed by atoms with Crippen molar-refractivity contribution in [1.29, 1.82) is 0 Å². The van der Waals surface area contributed by atoms with Gasteiger partial charge >= 0.3 is 0 Å². The lowest BCUT2D eigenvalue weighted by Crippen LogP contribution is -2.38. The lowest BCUT2D eigenvalue weighted by molar-refractivity contribution is 0.0950. The molecule has 0 radical (unpaired) electrons. The number of aromatic nitrogens is 1. The predicted molar refractivity (Wildman–Crippen MR) is 138 cm³/mol. The molecule has 1 aliphatic rings. The molecule has 0 saturated carbocycles. The Morgan fingerprint density at radius 3 is 2.47 bits per heavy atom. The predicted octanol–water partition coefficient (Wildman–Crippen LogP) is 4.77. The Bertz CT molecular complexity index is 1320. The van der Waals surface area contributed by atoms with Gasteiger partial charge in [0.05, 0.1) is 16.2 Å². The number of rotatable bonds is 8. The number of halogens is 1. The number of pyridine rings is 1. The van der Waals surface area contributed by atoms with Crippen molar-refractivity contribution in [2.45, 2.75) is 50.3 Å². The maximum absolute atomic E-state index is 14.0. The highest BCUT2D eigenvalue weighted by molar-refractivity contribution is 7.89. The van der Waals surface area contributed by atoms with Crippen LogP contribution in [0.2, 0.25) is 0 Å². The van der Waals surface area contributed by atoms with Crippen LogP contribution < -0.4 is 5.32 Å². The number of hydrogen-bond acceptors (Lipinski definition) is 4. The molecule has 0 atom stereocenters. The summed E-state index contributed by atoms with van der Waals surface area (Å²) in [4.78, 5) is 17.7. The number of carbonyl (C=O) groups is 1. The van der Waals surface area contributed by atoms with Crippen molar-refractivity contribution in [3.63, 3.8) is 0 Å². The van der Waals surface area contributed by atoms with Crippen LogP contribution >= 0.6 is 0 Å². The second-order valence-corrected chi connectivity index (χ2v) is 11.3.